The van der Waals surface area contributed by atoms with Crippen molar-refractivity contribution in [1.29, 1.82) is 0 Å². The average molecular weight is 483 g/mol. The molecular weight excluding hydrogens is 459 g/mol. The Morgan fingerprint density at radius 2 is 1.21 bits per heavy atom. The van der Waals surface area contributed by atoms with Crippen molar-refractivity contribution in [2.45, 2.75) is 0 Å². The van der Waals surface area contributed by atoms with E-state index >= 15 is 0 Å². The Balaban J connectivity index is 2.27. The van der Waals surface area contributed by atoms with Gasteiger partial charge in [-0.3, -0.25) is 4.79 Å². The van der Waals surface area contributed by atoms with Gasteiger partial charge in [-0.2, -0.15) is 0 Å². The van der Waals surface area contributed by atoms with Crippen LogP contribution in [-0.2, 0) is 4.57 Å². The van der Waals surface area contributed by atoms with E-state index in [1.807, 2.05) is 0 Å². The van der Waals surface area contributed by atoms with Gasteiger partial charge >= 0.3 is 13.3 Å². The molecule has 0 radical (unpaired) electrons. The highest BCUT2D eigenvalue weighted by Gasteiger charge is 2.45. The lowest BCUT2D eigenvalue weighted by Crippen LogP contribution is -2.17. The molecule has 34 heavy (non-hydrogen) atoms. The minimum absolute atomic E-state index is 0.00414. The van der Waals surface area contributed by atoms with Crippen LogP contribution in [0.1, 0.15) is 26.3 Å². The maximum Gasteiger partial charge on any atom is 0.466 e. The molecule has 0 fully saturated rings. The zero-order valence-electron chi connectivity index (χ0n) is 19.4. The number of carbonyl (C=O) groups excluding carboxylic acids is 2. The minimum Gasteiger partial charge on any atom is -0.496 e. The molecule has 3 aromatic carbocycles. The van der Waals surface area contributed by atoms with Crippen LogP contribution in [0.4, 0.5) is 0 Å². The molecule has 3 rings (SSSR count). The van der Waals surface area contributed by atoms with Crippen LogP contribution in [0.2, 0.25) is 0 Å². The number of benzene rings is 3. The van der Waals surface area contributed by atoms with Crippen LogP contribution in [0, 0.1) is 0 Å². The van der Waals surface area contributed by atoms with E-state index in [0.717, 1.165) is 0 Å². The van der Waals surface area contributed by atoms with Gasteiger partial charge in [-0.15, -0.1) is 0 Å². The smallest absolute Gasteiger partial charge is 0.466 e. The molecule has 9 heteroatoms. The van der Waals surface area contributed by atoms with Crippen molar-refractivity contribution in [2.75, 3.05) is 35.5 Å². The topological polar surface area (TPSA) is 97.4 Å². The van der Waals surface area contributed by atoms with Crippen molar-refractivity contribution in [3.63, 3.8) is 0 Å². The summed E-state index contributed by atoms with van der Waals surface area (Å²) in [6.45, 7) is 0. The summed E-state index contributed by atoms with van der Waals surface area (Å²) in [5.74, 6) is 0.107. The zero-order chi connectivity index (χ0) is 24.8. The third kappa shape index (κ3) is 4.45. The lowest BCUT2D eigenvalue weighted by Gasteiger charge is -2.15. The normalized spacial score (nSPS) is 10.8. The number of rotatable bonds is 10. The maximum atomic E-state index is 13.7. The van der Waals surface area contributed by atoms with Gasteiger partial charge in [0, 0.05) is 11.6 Å². The Morgan fingerprint density at radius 1 is 0.647 bits per heavy atom. The summed E-state index contributed by atoms with van der Waals surface area (Å²) in [4.78, 5) is 26.9. The lowest BCUT2D eigenvalue weighted by atomic mass is 10.0. The van der Waals surface area contributed by atoms with E-state index in [9.17, 15) is 14.2 Å². The molecule has 1 atom stereocenters. The molecule has 8 nitrogen and oxygen atoms in total. The first kappa shape index (κ1) is 24.7. The quantitative estimate of drug-likeness (QED) is 0.312. The largest absolute Gasteiger partial charge is 0.496 e. The van der Waals surface area contributed by atoms with E-state index in [4.69, 9.17) is 23.7 Å². The molecule has 0 aliphatic heterocycles. The van der Waals surface area contributed by atoms with Gasteiger partial charge in [0.25, 0.3) is 5.30 Å². The summed E-state index contributed by atoms with van der Waals surface area (Å²) in [7, 11) is 4.00. The highest BCUT2D eigenvalue weighted by molar-refractivity contribution is 7.72. The molecule has 0 spiro atoms. The van der Waals surface area contributed by atoms with Gasteiger partial charge < -0.3 is 23.7 Å². The predicted molar refractivity (Wildman–Crippen MR) is 127 cm³/mol. The number of hydrogen-bond acceptors (Lipinski definition) is 8. The van der Waals surface area contributed by atoms with Crippen LogP contribution in [0.25, 0.3) is 0 Å². The Labute approximate surface area is 198 Å². The van der Waals surface area contributed by atoms with Crippen molar-refractivity contribution in [3.05, 3.63) is 71.3 Å². The molecule has 0 saturated heterocycles. The summed E-state index contributed by atoms with van der Waals surface area (Å²) >= 11 is 0. The number of ether oxygens (including phenoxy) is 5. The highest BCUT2D eigenvalue weighted by atomic mass is 31.1. The first-order valence-electron chi connectivity index (χ1n) is 10.1. The third-order valence-corrected chi connectivity index (χ3v) is 6.54. The first-order chi connectivity index (χ1) is 16.4. The second-order valence-corrected chi connectivity index (χ2v) is 8.31. The van der Waals surface area contributed by atoms with E-state index in [0.29, 0.717) is 5.56 Å². The Hall–Kier alpha value is -3.90. The van der Waals surface area contributed by atoms with Crippen LogP contribution in [0.15, 0.2) is 54.6 Å². The SMILES string of the molecule is COc1cccc(OC)c1C(=O)[P+](=O)c1c(OC)cc(OC)c(C(=O)c2ccccc2)c1OC. The van der Waals surface area contributed by atoms with Crippen molar-refractivity contribution in [3.8, 4) is 28.7 Å². The molecule has 0 amide bonds. The molecular formula is C25H24O8P+. The van der Waals surface area contributed by atoms with Gasteiger partial charge in [-0.1, -0.05) is 41.0 Å². The maximum absolute atomic E-state index is 13.7. The van der Waals surface area contributed by atoms with E-state index < -0.39 is 19.1 Å². The molecule has 1 unspecified atom stereocenters. The average Bonchev–Trinajstić information content (AvgIpc) is 2.90. The fraction of sp³-hybridized carbons (Fsp3) is 0.200. The minimum atomic E-state index is -2.84. The molecule has 176 valence electrons. The van der Waals surface area contributed by atoms with Crippen molar-refractivity contribution >= 4 is 24.4 Å². The van der Waals surface area contributed by atoms with Crippen LogP contribution in [0.5, 0.6) is 28.7 Å². The molecule has 0 saturated carbocycles. The number of ketones is 1. The Morgan fingerprint density at radius 3 is 1.71 bits per heavy atom. The molecule has 0 bridgehead atoms. The van der Waals surface area contributed by atoms with Gasteiger partial charge in [-0.25, -0.2) is 4.79 Å². The predicted octanol–water partition coefficient (Wildman–Crippen LogP) is 4.25. The molecule has 0 N–H and O–H groups in total. The Bertz CT molecular complexity index is 1220. The number of hydrogen-bond donors (Lipinski definition) is 0. The number of methoxy groups -OCH3 is 5. The monoisotopic (exact) mass is 483 g/mol. The standard InChI is InChI=1S/C25H24O8P/c1-29-16-12-9-13-17(30-2)20(16)25(27)34(28)24-19(32-4)14-18(31-3)21(23(24)33-5)22(26)15-10-7-6-8-11-15/h6-14H,1-5H3/q+1. The number of carbonyl (C=O) groups is 2. The van der Waals surface area contributed by atoms with Crippen LogP contribution in [-0.4, -0.2) is 46.9 Å². The van der Waals surface area contributed by atoms with Crippen LogP contribution >= 0.6 is 7.80 Å². The van der Waals surface area contributed by atoms with E-state index in [1.165, 1.54) is 41.6 Å². The van der Waals surface area contributed by atoms with E-state index in [2.05, 4.69) is 0 Å². The highest BCUT2D eigenvalue weighted by Crippen LogP contribution is 2.44. The molecule has 0 aliphatic carbocycles. The summed E-state index contributed by atoms with van der Waals surface area (Å²) in [5, 5.41) is -0.0713. The van der Waals surface area contributed by atoms with E-state index in [-0.39, 0.29) is 45.2 Å². The van der Waals surface area contributed by atoms with Crippen molar-refractivity contribution in [1.82, 2.24) is 0 Å². The molecule has 3 aromatic rings. The summed E-state index contributed by atoms with van der Waals surface area (Å²) in [6, 6.07) is 14.7. The van der Waals surface area contributed by atoms with Gasteiger partial charge in [0.15, 0.2) is 17.1 Å². The summed E-state index contributed by atoms with van der Waals surface area (Å²) in [6.07, 6.45) is 0. The second kappa shape index (κ2) is 10.8. The Kier molecular flexibility index (Phi) is 7.87. The van der Waals surface area contributed by atoms with E-state index in [1.54, 1.807) is 48.5 Å². The van der Waals surface area contributed by atoms with Crippen LogP contribution in [0.3, 0.4) is 0 Å². The van der Waals surface area contributed by atoms with Crippen LogP contribution < -0.4 is 29.0 Å². The lowest BCUT2D eigenvalue weighted by molar-refractivity contribution is 0.103. The third-order valence-electron chi connectivity index (χ3n) is 5.12. The van der Waals surface area contributed by atoms with Gasteiger partial charge in [-0.05, 0) is 12.1 Å². The van der Waals surface area contributed by atoms with Gasteiger partial charge in [0.1, 0.15) is 22.8 Å². The molecule has 0 aromatic heterocycles. The summed E-state index contributed by atoms with van der Waals surface area (Å²) < 4.78 is 40.7. The fourth-order valence-corrected chi connectivity index (χ4v) is 4.89. The molecule has 0 heterocycles. The van der Waals surface area contributed by atoms with Gasteiger partial charge in [0.2, 0.25) is 5.78 Å². The van der Waals surface area contributed by atoms with Crippen molar-refractivity contribution in [2.24, 2.45) is 0 Å². The van der Waals surface area contributed by atoms with Gasteiger partial charge in [0.05, 0.1) is 35.5 Å². The molecule has 0 aliphatic rings. The fourth-order valence-electron chi connectivity index (χ4n) is 3.52. The second-order valence-electron chi connectivity index (χ2n) is 6.87. The first-order valence-corrected chi connectivity index (χ1v) is 11.3. The summed E-state index contributed by atoms with van der Waals surface area (Å²) in [5.41, 5.74) is -0.382. The zero-order valence-corrected chi connectivity index (χ0v) is 20.3. The van der Waals surface area contributed by atoms with Crippen molar-refractivity contribution < 1.29 is 37.8 Å².